The fourth-order valence-corrected chi connectivity index (χ4v) is 4.31. The number of likely N-dealkylation sites (N-methyl/N-ethyl adjacent to an activating group) is 1. The number of piperazine rings is 1. The van der Waals surface area contributed by atoms with Gasteiger partial charge in [-0.05, 0) is 63.5 Å². The highest BCUT2D eigenvalue weighted by Crippen LogP contribution is 2.29. The molecule has 0 aromatic rings. The SMILES string of the molecule is CCN1CCN(CCCCNC(=NC)NC2CCC(C(C)C)CC2)CC1. The molecule has 0 amide bonds. The minimum absolute atomic E-state index is 0.603. The van der Waals surface area contributed by atoms with Crippen LogP contribution in [0.4, 0.5) is 0 Å². The highest BCUT2D eigenvalue weighted by Gasteiger charge is 2.23. The monoisotopic (exact) mass is 365 g/mol. The van der Waals surface area contributed by atoms with Crippen LogP contribution in [-0.4, -0.2) is 74.7 Å². The summed E-state index contributed by atoms with van der Waals surface area (Å²) in [6.07, 6.45) is 7.78. The van der Waals surface area contributed by atoms with Crippen LogP contribution in [0.3, 0.4) is 0 Å². The standard InChI is InChI=1S/C21H43N5/c1-5-25-14-16-26(17-15-25)13-7-6-12-23-21(22-4)24-20-10-8-19(9-11-20)18(2)3/h18-20H,5-17H2,1-4H3,(H2,22,23,24). The Balaban J connectivity index is 1.53. The summed E-state index contributed by atoms with van der Waals surface area (Å²) < 4.78 is 0. The molecule has 1 heterocycles. The van der Waals surface area contributed by atoms with Gasteiger partial charge in [-0.3, -0.25) is 4.99 Å². The van der Waals surface area contributed by atoms with Gasteiger partial charge in [0.05, 0.1) is 0 Å². The van der Waals surface area contributed by atoms with Crippen LogP contribution in [0.5, 0.6) is 0 Å². The van der Waals surface area contributed by atoms with Gasteiger partial charge in [0, 0.05) is 45.8 Å². The molecule has 5 heteroatoms. The average molecular weight is 366 g/mol. The van der Waals surface area contributed by atoms with Crippen molar-refractivity contribution in [1.29, 1.82) is 0 Å². The van der Waals surface area contributed by atoms with Gasteiger partial charge in [-0.1, -0.05) is 20.8 Å². The predicted octanol–water partition coefficient (Wildman–Crippen LogP) is 2.78. The maximum absolute atomic E-state index is 4.42. The van der Waals surface area contributed by atoms with Crippen LogP contribution >= 0.6 is 0 Å². The van der Waals surface area contributed by atoms with Crippen LogP contribution in [0.15, 0.2) is 4.99 Å². The van der Waals surface area contributed by atoms with Gasteiger partial charge in [-0.2, -0.15) is 0 Å². The molecule has 2 rings (SSSR count). The molecule has 0 spiro atoms. The number of nitrogens with one attached hydrogen (secondary N) is 2. The average Bonchev–Trinajstić information content (AvgIpc) is 2.67. The highest BCUT2D eigenvalue weighted by molar-refractivity contribution is 5.79. The molecule has 26 heavy (non-hydrogen) atoms. The third-order valence-electron chi connectivity index (χ3n) is 6.38. The second-order valence-corrected chi connectivity index (χ2v) is 8.48. The minimum Gasteiger partial charge on any atom is -0.356 e. The Bertz CT molecular complexity index is 393. The molecule has 0 unspecified atom stereocenters. The lowest BCUT2D eigenvalue weighted by atomic mass is 9.80. The van der Waals surface area contributed by atoms with Crippen LogP contribution in [0.2, 0.25) is 0 Å². The van der Waals surface area contributed by atoms with Gasteiger partial charge in [0.15, 0.2) is 5.96 Å². The van der Waals surface area contributed by atoms with E-state index in [4.69, 9.17) is 0 Å². The molecular weight excluding hydrogens is 322 g/mol. The van der Waals surface area contributed by atoms with Gasteiger partial charge in [0.25, 0.3) is 0 Å². The Labute approximate surface area is 162 Å². The van der Waals surface area contributed by atoms with Gasteiger partial charge in [0.2, 0.25) is 0 Å². The molecule has 2 N–H and O–H groups in total. The molecule has 0 bridgehead atoms. The van der Waals surface area contributed by atoms with E-state index >= 15 is 0 Å². The van der Waals surface area contributed by atoms with E-state index in [1.165, 1.54) is 77.8 Å². The van der Waals surface area contributed by atoms with Crippen molar-refractivity contribution in [2.75, 3.05) is 52.9 Å². The summed E-state index contributed by atoms with van der Waals surface area (Å²) in [7, 11) is 1.89. The Morgan fingerprint density at radius 2 is 1.65 bits per heavy atom. The van der Waals surface area contributed by atoms with E-state index in [9.17, 15) is 0 Å². The molecule has 0 radical (unpaired) electrons. The molecule has 1 aliphatic heterocycles. The zero-order chi connectivity index (χ0) is 18.8. The molecule has 2 aliphatic rings. The van der Waals surface area contributed by atoms with Crippen LogP contribution in [0.25, 0.3) is 0 Å². The first kappa shape index (κ1) is 21.5. The van der Waals surface area contributed by atoms with E-state index in [2.05, 4.69) is 46.2 Å². The summed E-state index contributed by atoms with van der Waals surface area (Å²) in [4.78, 5) is 9.58. The maximum Gasteiger partial charge on any atom is 0.191 e. The zero-order valence-electron chi connectivity index (χ0n) is 17.8. The molecule has 152 valence electrons. The van der Waals surface area contributed by atoms with Gasteiger partial charge in [-0.25, -0.2) is 0 Å². The summed E-state index contributed by atoms with van der Waals surface area (Å²) >= 11 is 0. The van der Waals surface area contributed by atoms with Crippen LogP contribution < -0.4 is 10.6 Å². The number of rotatable bonds is 8. The number of hydrogen-bond donors (Lipinski definition) is 2. The van der Waals surface area contributed by atoms with Crippen LogP contribution in [-0.2, 0) is 0 Å². The number of guanidine groups is 1. The third-order valence-corrected chi connectivity index (χ3v) is 6.38. The summed E-state index contributed by atoms with van der Waals surface area (Å²) in [6, 6.07) is 0.603. The normalized spacial score (nSPS) is 26.3. The molecule has 2 fully saturated rings. The fourth-order valence-electron chi connectivity index (χ4n) is 4.31. The quantitative estimate of drug-likeness (QED) is 0.394. The van der Waals surface area contributed by atoms with Gasteiger partial charge in [-0.15, -0.1) is 0 Å². The topological polar surface area (TPSA) is 42.9 Å². The van der Waals surface area contributed by atoms with E-state index in [-0.39, 0.29) is 0 Å². The van der Waals surface area contributed by atoms with Crippen LogP contribution in [0, 0.1) is 11.8 Å². The second kappa shape index (κ2) is 11.8. The first-order valence-corrected chi connectivity index (χ1v) is 11.0. The molecule has 1 saturated heterocycles. The van der Waals surface area contributed by atoms with Gasteiger partial charge >= 0.3 is 0 Å². The maximum atomic E-state index is 4.42. The zero-order valence-corrected chi connectivity index (χ0v) is 17.8. The van der Waals surface area contributed by atoms with E-state index in [0.717, 1.165) is 24.3 Å². The smallest absolute Gasteiger partial charge is 0.191 e. The molecule has 0 aromatic carbocycles. The second-order valence-electron chi connectivity index (χ2n) is 8.48. The minimum atomic E-state index is 0.603. The fraction of sp³-hybridized carbons (Fsp3) is 0.952. The summed E-state index contributed by atoms with van der Waals surface area (Å²) in [5, 5.41) is 7.16. The Morgan fingerprint density at radius 3 is 2.23 bits per heavy atom. The van der Waals surface area contributed by atoms with Crippen molar-refractivity contribution >= 4 is 5.96 Å². The Kier molecular flexibility index (Phi) is 9.76. The number of unbranched alkanes of at least 4 members (excludes halogenated alkanes) is 1. The molecule has 5 nitrogen and oxygen atoms in total. The number of hydrogen-bond acceptors (Lipinski definition) is 3. The molecular formula is C21H43N5. The molecule has 1 saturated carbocycles. The molecule has 0 atom stereocenters. The van der Waals surface area contributed by atoms with E-state index in [0.29, 0.717) is 6.04 Å². The molecule has 0 aromatic heterocycles. The Morgan fingerprint density at radius 1 is 1.00 bits per heavy atom. The Hall–Kier alpha value is -0.810. The van der Waals surface area contributed by atoms with E-state index in [1.54, 1.807) is 0 Å². The van der Waals surface area contributed by atoms with Crippen molar-refractivity contribution < 1.29 is 0 Å². The van der Waals surface area contributed by atoms with E-state index < -0.39 is 0 Å². The lowest BCUT2D eigenvalue weighted by Gasteiger charge is -2.34. The number of nitrogens with zero attached hydrogens (tertiary/aromatic N) is 3. The molecule has 1 aliphatic carbocycles. The van der Waals surface area contributed by atoms with Crippen molar-refractivity contribution in [1.82, 2.24) is 20.4 Å². The first-order chi connectivity index (χ1) is 12.6. The first-order valence-electron chi connectivity index (χ1n) is 11.0. The predicted molar refractivity (Wildman–Crippen MR) is 113 cm³/mol. The van der Waals surface area contributed by atoms with Crippen molar-refractivity contribution in [3.63, 3.8) is 0 Å². The lowest BCUT2D eigenvalue weighted by molar-refractivity contribution is 0.136. The van der Waals surface area contributed by atoms with E-state index in [1.807, 2.05) is 7.05 Å². The van der Waals surface area contributed by atoms with Crippen molar-refractivity contribution in [2.24, 2.45) is 16.8 Å². The number of aliphatic imine (C=N–C) groups is 1. The highest BCUT2D eigenvalue weighted by atomic mass is 15.3. The lowest BCUT2D eigenvalue weighted by Crippen LogP contribution is -2.46. The van der Waals surface area contributed by atoms with Gasteiger partial charge in [0.1, 0.15) is 0 Å². The summed E-state index contributed by atoms with van der Waals surface area (Å²) in [5.41, 5.74) is 0. The van der Waals surface area contributed by atoms with Gasteiger partial charge < -0.3 is 20.4 Å². The van der Waals surface area contributed by atoms with Crippen molar-refractivity contribution in [2.45, 2.75) is 65.3 Å². The summed E-state index contributed by atoms with van der Waals surface area (Å²) in [5.74, 6) is 2.75. The third kappa shape index (κ3) is 7.43. The van der Waals surface area contributed by atoms with Crippen LogP contribution in [0.1, 0.15) is 59.3 Å². The summed E-state index contributed by atoms with van der Waals surface area (Å²) in [6.45, 7) is 15.4. The largest absolute Gasteiger partial charge is 0.356 e. The van der Waals surface area contributed by atoms with Crippen molar-refractivity contribution in [3.05, 3.63) is 0 Å². The van der Waals surface area contributed by atoms with Crippen molar-refractivity contribution in [3.8, 4) is 0 Å².